The van der Waals surface area contributed by atoms with Crippen molar-refractivity contribution in [2.45, 2.75) is 0 Å². The Kier molecular flexibility index (Phi) is 5.44. The Morgan fingerprint density at radius 1 is 1.38 bits per heavy atom. The van der Waals surface area contributed by atoms with Gasteiger partial charge < -0.3 is 26.7 Å². The minimum Gasteiger partial charge on any atom is -1.00 e. The molecule has 0 aliphatic rings. The topological polar surface area (TPSA) is 25.0 Å². The standard InChI is InChI=1S/C9H8NO.BrH.Mg/c1-11-8-2-3-9-7(6-8)4-5-10-9;;/h2-3,5-6,10H,1H3;1H;/q-1;;+2/p-1. The molecule has 0 radical (unpaired) electrons. The number of hydrogen-bond acceptors (Lipinski definition) is 1. The Hall–Kier alpha value is -0.194. The maximum atomic E-state index is 5.06. The van der Waals surface area contributed by atoms with Crippen LogP contribution in [0.25, 0.3) is 10.9 Å². The summed E-state index contributed by atoms with van der Waals surface area (Å²) >= 11 is 0. The average molecular weight is 250 g/mol. The fourth-order valence-electron chi connectivity index (χ4n) is 1.09. The summed E-state index contributed by atoms with van der Waals surface area (Å²) < 4.78 is 5.06. The maximum absolute atomic E-state index is 5.06. The van der Waals surface area contributed by atoms with E-state index in [9.17, 15) is 0 Å². The molecule has 0 aliphatic heterocycles. The first-order chi connectivity index (χ1) is 5.40. The molecular formula is C9H8BrMgNO. The summed E-state index contributed by atoms with van der Waals surface area (Å²) in [5.41, 5.74) is 1.09. The fourth-order valence-corrected chi connectivity index (χ4v) is 1.09. The van der Waals surface area contributed by atoms with Gasteiger partial charge in [-0.3, -0.25) is 0 Å². The summed E-state index contributed by atoms with van der Waals surface area (Å²) in [5.74, 6) is 0.869. The van der Waals surface area contributed by atoms with Crippen LogP contribution in [-0.2, 0) is 0 Å². The van der Waals surface area contributed by atoms with Crippen molar-refractivity contribution in [2.24, 2.45) is 0 Å². The van der Waals surface area contributed by atoms with Crippen molar-refractivity contribution in [1.29, 1.82) is 0 Å². The molecule has 1 N–H and O–H groups in total. The third kappa shape index (κ3) is 2.62. The maximum Gasteiger partial charge on any atom is 2.00 e. The molecule has 0 bridgehead atoms. The van der Waals surface area contributed by atoms with Gasteiger partial charge in [0.2, 0.25) is 0 Å². The molecule has 0 aliphatic carbocycles. The number of nitrogens with one attached hydrogen (secondary N) is 1. The normalized spacial score (nSPS) is 8.69. The van der Waals surface area contributed by atoms with E-state index in [0.29, 0.717) is 0 Å². The summed E-state index contributed by atoms with van der Waals surface area (Å²) in [6.07, 6.45) is 1.80. The monoisotopic (exact) mass is 249 g/mol. The molecule has 2 aromatic rings. The molecule has 2 rings (SSSR count). The van der Waals surface area contributed by atoms with Crippen molar-refractivity contribution in [3.05, 3.63) is 30.5 Å². The van der Waals surface area contributed by atoms with E-state index >= 15 is 0 Å². The zero-order valence-corrected chi connectivity index (χ0v) is 10.3. The van der Waals surface area contributed by atoms with Crippen molar-refractivity contribution in [3.8, 4) is 5.75 Å². The van der Waals surface area contributed by atoms with Crippen molar-refractivity contribution in [2.75, 3.05) is 7.11 Å². The van der Waals surface area contributed by atoms with Crippen LogP contribution >= 0.6 is 0 Å². The molecule has 0 saturated heterocycles. The third-order valence-corrected chi connectivity index (χ3v) is 1.68. The Labute approximate surface area is 104 Å². The molecule has 0 unspecified atom stereocenters. The summed E-state index contributed by atoms with van der Waals surface area (Å²) in [6.45, 7) is 0. The van der Waals surface area contributed by atoms with E-state index < -0.39 is 0 Å². The molecule has 0 saturated carbocycles. The first kappa shape index (κ1) is 12.8. The second kappa shape index (κ2) is 5.52. The zero-order valence-electron chi connectivity index (χ0n) is 7.30. The number of methoxy groups -OCH3 is 1. The summed E-state index contributed by atoms with van der Waals surface area (Å²) in [6, 6.07) is 8.91. The van der Waals surface area contributed by atoms with Gasteiger partial charge in [-0.1, -0.05) is 17.8 Å². The van der Waals surface area contributed by atoms with Gasteiger partial charge in [0, 0.05) is 0 Å². The van der Waals surface area contributed by atoms with E-state index in [1.165, 1.54) is 0 Å². The van der Waals surface area contributed by atoms with Crippen molar-refractivity contribution < 1.29 is 21.7 Å². The minimum atomic E-state index is 0. The van der Waals surface area contributed by atoms with Gasteiger partial charge in [0.15, 0.2) is 0 Å². The predicted molar refractivity (Wildman–Crippen MR) is 49.4 cm³/mol. The van der Waals surface area contributed by atoms with Gasteiger partial charge in [-0.05, 0) is 6.07 Å². The summed E-state index contributed by atoms with van der Waals surface area (Å²) in [7, 11) is 1.66. The Bertz CT molecular complexity index is 374. The number of ether oxygens (including phenoxy) is 1. The molecule has 4 heteroatoms. The SMILES string of the molecule is COc1ccc2[nH]c[c-]c2c1.[Br-].[Mg+2]. The third-order valence-electron chi connectivity index (χ3n) is 1.68. The van der Waals surface area contributed by atoms with Crippen molar-refractivity contribution >= 4 is 34.0 Å². The molecule has 0 atom stereocenters. The largest absolute Gasteiger partial charge is 2.00 e. The molecule has 13 heavy (non-hydrogen) atoms. The number of fused-ring (bicyclic) bond motifs is 1. The van der Waals surface area contributed by atoms with Gasteiger partial charge in [-0.2, -0.15) is 11.5 Å². The molecule has 1 aromatic carbocycles. The number of halogens is 1. The molecule has 64 valence electrons. The van der Waals surface area contributed by atoms with E-state index in [4.69, 9.17) is 4.74 Å². The number of benzene rings is 1. The first-order valence-corrected chi connectivity index (χ1v) is 3.43. The zero-order chi connectivity index (χ0) is 7.68. The second-order valence-electron chi connectivity index (χ2n) is 2.34. The van der Waals surface area contributed by atoms with Gasteiger partial charge in [0.1, 0.15) is 0 Å². The summed E-state index contributed by atoms with van der Waals surface area (Å²) in [4.78, 5) is 3.06. The molecule has 1 aromatic heterocycles. The van der Waals surface area contributed by atoms with Crippen molar-refractivity contribution in [3.63, 3.8) is 0 Å². The summed E-state index contributed by atoms with van der Waals surface area (Å²) in [5, 5.41) is 1.06. The Morgan fingerprint density at radius 2 is 2.15 bits per heavy atom. The first-order valence-electron chi connectivity index (χ1n) is 3.43. The van der Waals surface area contributed by atoms with E-state index in [-0.39, 0.29) is 40.0 Å². The van der Waals surface area contributed by atoms with Gasteiger partial charge >= 0.3 is 23.1 Å². The van der Waals surface area contributed by atoms with Gasteiger partial charge in [0.05, 0.1) is 12.9 Å². The molecule has 1 heterocycles. The molecule has 0 amide bonds. The van der Waals surface area contributed by atoms with Crippen molar-refractivity contribution in [1.82, 2.24) is 4.98 Å². The van der Waals surface area contributed by atoms with Gasteiger partial charge in [0.25, 0.3) is 0 Å². The quantitative estimate of drug-likeness (QED) is 0.489. The van der Waals surface area contributed by atoms with E-state index in [1.807, 2.05) is 18.2 Å². The minimum absolute atomic E-state index is 0. The van der Waals surface area contributed by atoms with Crippen LogP contribution in [0.1, 0.15) is 0 Å². The van der Waals surface area contributed by atoms with Gasteiger partial charge in [-0.25, -0.2) is 0 Å². The second-order valence-corrected chi connectivity index (χ2v) is 2.34. The Balaban J connectivity index is 0.000000720. The Morgan fingerprint density at radius 3 is 2.85 bits per heavy atom. The van der Waals surface area contributed by atoms with E-state index in [0.717, 1.165) is 16.7 Å². The molecule has 0 fully saturated rings. The average Bonchev–Trinajstić information content (AvgIpc) is 2.50. The number of rotatable bonds is 1. The number of aromatic amines is 1. The van der Waals surface area contributed by atoms with Gasteiger partial charge in [-0.15, -0.1) is 6.07 Å². The van der Waals surface area contributed by atoms with Crippen LogP contribution in [0.5, 0.6) is 5.75 Å². The smallest absolute Gasteiger partial charge is 1.00 e. The van der Waals surface area contributed by atoms with Crippen LogP contribution in [0.15, 0.2) is 24.4 Å². The molecular weight excluding hydrogens is 242 g/mol. The fraction of sp³-hybridized carbons (Fsp3) is 0.111. The molecule has 0 spiro atoms. The number of H-pyrrole nitrogens is 1. The van der Waals surface area contributed by atoms with Crippen LogP contribution in [0.3, 0.4) is 0 Å². The molecule has 2 nitrogen and oxygen atoms in total. The van der Waals surface area contributed by atoms with Crippen LogP contribution in [0.4, 0.5) is 0 Å². The predicted octanol–water partition coefficient (Wildman–Crippen LogP) is -1.40. The van der Waals surface area contributed by atoms with Crippen LogP contribution in [-0.4, -0.2) is 35.1 Å². The number of aromatic nitrogens is 1. The van der Waals surface area contributed by atoms with E-state index in [1.54, 1.807) is 13.3 Å². The van der Waals surface area contributed by atoms with Crippen LogP contribution < -0.4 is 21.7 Å². The van der Waals surface area contributed by atoms with Crippen LogP contribution in [0, 0.1) is 6.07 Å². The van der Waals surface area contributed by atoms with Crippen LogP contribution in [0.2, 0.25) is 0 Å². The van der Waals surface area contributed by atoms with E-state index in [2.05, 4.69) is 11.1 Å². The number of hydrogen-bond donors (Lipinski definition) is 1.